The number of fused-ring (bicyclic) bond motifs is 1. The maximum absolute atomic E-state index is 4.71. The summed E-state index contributed by atoms with van der Waals surface area (Å²) in [5, 5.41) is 3.75. The first-order valence-corrected chi connectivity index (χ1v) is 8.05. The molecule has 2 nitrogen and oxygen atoms in total. The van der Waals surface area contributed by atoms with E-state index >= 15 is 0 Å². The molecule has 104 valence electrons. The van der Waals surface area contributed by atoms with E-state index < -0.39 is 0 Å². The number of aryl methyl sites for hydroxylation is 1. The van der Waals surface area contributed by atoms with Gasteiger partial charge in [-0.3, -0.25) is 4.98 Å². The average molecular weight is 258 g/mol. The first kappa shape index (κ1) is 13.1. The van der Waals surface area contributed by atoms with Gasteiger partial charge in [-0.2, -0.15) is 0 Å². The van der Waals surface area contributed by atoms with Gasteiger partial charge in [-0.05, 0) is 49.8 Å². The quantitative estimate of drug-likeness (QED) is 0.871. The fourth-order valence-electron chi connectivity index (χ4n) is 3.78. The molecule has 3 rings (SSSR count). The second-order valence-electron chi connectivity index (χ2n) is 6.24. The summed E-state index contributed by atoms with van der Waals surface area (Å²) in [7, 11) is 0. The van der Waals surface area contributed by atoms with Crippen molar-refractivity contribution >= 4 is 0 Å². The van der Waals surface area contributed by atoms with E-state index in [-0.39, 0.29) is 0 Å². The van der Waals surface area contributed by atoms with E-state index in [9.17, 15) is 0 Å². The SMILES string of the molecule is CCNC(CC1CCC1)C1CCCc2cccnc21. The molecule has 2 unspecified atom stereocenters. The Morgan fingerprint density at radius 2 is 2.21 bits per heavy atom. The summed E-state index contributed by atoms with van der Waals surface area (Å²) in [5.41, 5.74) is 2.88. The van der Waals surface area contributed by atoms with Crippen LogP contribution in [0, 0.1) is 5.92 Å². The smallest absolute Gasteiger partial charge is 0.0481 e. The highest BCUT2D eigenvalue weighted by molar-refractivity contribution is 5.27. The molecule has 0 spiro atoms. The molecule has 1 aromatic heterocycles. The Labute approximate surface area is 117 Å². The minimum absolute atomic E-state index is 0.643. The van der Waals surface area contributed by atoms with Gasteiger partial charge in [-0.15, -0.1) is 0 Å². The molecule has 0 amide bonds. The maximum Gasteiger partial charge on any atom is 0.0481 e. The molecule has 0 saturated heterocycles. The Bertz CT molecular complexity index is 411. The largest absolute Gasteiger partial charge is 0.314 e. The van der Waals surface area contributed by atoms with E-state index in [1.807, 2.05) is 6.20 Å². The van der Waals surface area contributed by atoms with Crippen LogP contribution in [0.2, 0.25) is 0 Å². The summed E-state index contributed by atoms with van der Waals surface area (Å²) in [5.74, 6) is 1.61. The predicted octanol–water partition coefficient (Wildman–Crippen LogP) is 3.67. The van der Waals surface area contributed by atoms with Crippen LogP contribution in [-0.4, -0.2) is 17.6 Å². The lowest BCUT2D eigenvalue weighted by Crippen LogP contribution is -2.39. The van der Waals surface area contributed by atoms with Crippen molar-refractivity contribution in [1.29, 1.82) is 0 Å². The van der Waals surface area contributed by atoms with E-state index in [1.165, 1.54) is 56.2 Å². The number of nitrogens with one attached hydrogen (secondary N) is 1. The van der Waals surface area contributed by atoms with Gasteiger partial charge in [0.05, 0.1) is 0 Å². The molecule has 0 aliphatic heterocycles. The summed E-state index contributed by atoms with van der Waals surface area (Å²) in [6, 6.07) is 5.01. The van der Waals surface area contributed by atoms with Crippen LogP contribution in [0.3, 0.4) is 0 Å². The highest BCUT2D eigenvalue weighted by Crippen LogP contribution is 2.38. The topological polar surface area (TPSA) is 24.9 Å². The lowest BCUT2D eigenvalue weighted by Gasteiger charge is -2.36. The molecule has 1 N–H and O–H groups in total. The van der Waals surface area contributed by atoms with Gasteiger partial charge in [-0.1, -0.05) is 32.3 Å². The van der Waals surface area contributed by atoms with Crippen LogP contribution in [0.15, 0.2) is 18.3 Å². The molecular formula is C17H26N2. The third kappa shape index (κ3) is 2.84. The van der Waals surface area contributed by atoms with Gasteiger partial charge in [0, 0.05) is 23.9 Å². The van der Waals surface area contributed by atoms with Crippen LogP contribution in [0.4, 0.5) is 0 Å². The first-order chi connectivity index (χ1) is 9.38. The van der Waals surface area contributed by atoms with Crippen molar-refractivity contribution in [2.45, 2.75) is 63.8 Å². The van der Waals surface area contributed by atoms with Crippen molar-refractivity contribution < 1.29 is 0 Å². The lowest BCUT2D eigenvalue weighted by atomic mass is 9.74. The zero-order valence-corrected chi connectivity index (χ0v) is 12.1. The fourth-order valence-corrected chi connectivity index (χ4v) is 3.78. The molecule has 1 heterocycles. The highest BCUT2D eigenvalue weighted by atomic mass is 14.9. The summed E-state index contributed by atoms with van der Waals surface area (Å²) in [6.45, 7) is 3.31. The van der Waals surface area contributed by atoms with Crippen LogP contribution in [0.5, 0.6) is 0 Å². The van der Waals surface area contributed by atoms with E-state index in [0.717, 1.165) is 12.5 Å². The van der Waals surface area contributed by atoms with E-state index in [2.05, 4.69) is 24.4 Å². The van der Waals surface area contributed by atoms with Gasteiger partial charge in [-0.25, -0.2) is 0 Å². The minimum atomic E-state index is 0.643. The molecule has 0 bridgehead atoms. The minimum Gasteiger partial charge on any atom is -0.314 e. The van der Waals surface area contributed by atoms with Crippen molar-refractivity contribution in [2.75, 3.05) is 6.54 Å². The normalized spacial score (nSPS) is 24.6. The van der Waals surface area contributed by atoms with Crippen LogP contribution in [-0.2, 0) is 6.42 Å². The molecule has 19 heavy (non-hydrogen) atoms. The van der Waals surface area contributed by atoms with Gasteiger partial charge < -0.3 is 5.32 Å². The van der Waals surface area contributed by atoms with E-state index in [1.54, 1.807) is 0 Å². The molecule has 2 aliphatic carbocycles. The number of hydrogen-bond acceptors (Lipinski definition) is 2. The predicted molar refractivity (Wildman–Crippen MR) is 79.3 cm³/mol. The van der Waals surface area contributed by atoms with Gasteiger partial charge >= 0.3 is 0 Å². The number of nitrogens with zero attached hydrogens (tertiary/aromatic N) is 1. The summed E-state index contributed by atoms with van der Waals surface area (Å²) >= 11 is 0. The highest BCUT2D eigenvalue weighted by Gasteiger charge is 2.31. The van der Waals surface area contributed by atoms with Crippen molar-refractivity contribution in [3.05, 3.63) is 29.6 Å². The Hall–Kier alpha value is -0.890. The molecule has 2 heteroatoms. The summed E-state index contributed by atoms with van der Waals surface area (Å²) in [6.07, 6.45) is 11.5. The molecule has 0 aromatic carbocycles. The Morgan fingerprint density at radius 3 is 2.95 bits per heavy atom. The van der Waals surface area contributed by atoms with Crippen molar-refractivity contribution in [3.8, 4) is 0 Å². The third-order valence-electron chi connectivity index (χ3n) is 5.00. The van der Waals surface area contributed by atoms with Crippen molar-refractivity contribution in [3.63, 3.8) is 0 Å². The maximum atomic E-state index is 4.71. The van der Waals surface area contributed by atoms with Crippen LogP contribution < -0.4 is 5.32 Å². The van der Waals surface area contributed by atoms with Crippen LogP contribution >= 0.6 is 0 Å². The van der Waals surface area contributed by atoms with Gasteiger partial charge in [0.25, 0.3) is 0 Å². The molecular weight excluding hydrogens is 232 g/mol. The van der Waals surface area contributed by atoms with E-state index in [4.69, 9.17) is 4.98 Å². The monoisotopic (exact) mass is 258 g/mol. The number of pyridine rings is 1. The number of hydrogen-bond donors (Lipinski definition) is 1. The number of rotatable bonds is 5. The first-order valence-electron chi connectivity index (χ1n) is 8.05. The Balaban J connectivity index is 1.77. The number of aromatic nitrogens is 1. The fraction of sp³-hybridized carbons (Fsp3) is 0.706. The molecule has 1 fully saturated rings. The Morgan fingerprint density at radius 1 is 1.32 bits per heavy atom. The van der Waals surface area contributed by atoms with E-state index in [0.29, 0.717) is 12.0 Å². The lowest BCUT2D eigenvalue weighted by molar-refractivity contribution is 0.237. The Kier molecular flexibility index (Phi) is 4.17. The number of likely N-dealkylation sites (N-methyl/N-ethyl adjacent to an activating group) is 1. The second-order valence-corrected chi connectivity index (χ2v) is 6.24. The second kappa shape index (κ2) is 6.04. The molecule has 2 atom stereocenters. The van der Waals surface area contributed by atoms with Gasteiger partial charge in [0.2, 0.25) is 0 Å². The van der Waals surface area contributed by atoms with Crippen molar-refractivity contribution in [2.24, 2.45) is 5.92 Å². The van der Waals surface area contributed by atoms with Gasteiger partial charge in [0.1, 0.15) is 0 Å². The zero-order chi connectivity index (χ0) is 13.1. The van der Waals surface area contributed by atoms with Crippen LogP contribution in [0.25, 0.3) is 0 Å². The average Bonchev–Trinajstić information content (AvgIpc) is 2.41. The summed E-state index contributed by atoms with van der Waals surface area (Å²) < 4.78 is 0. The van der Waals surface area contributed by atoms with Gasteiger partial charge in [0.15, 0.2) is 0 Å². The molecule has 0 radical (unpaired) electrons. The molecule has 2 aliphatic rings. The van der Waals surface area contributed by atoms with Crippen molar-refractivity contribution in [1.82, 2.24) is 10.3 Å². The molecule has 1 saturated carbocycles. The molecule has 1 aromatic rings. The standard InChI is InChI=1S/C17H26N2/c1-2-18-16(12-13-6-3-7-13)15-10-4-8-14-9-5-11-19-17(14)15/h5,9,11,13,15-16,18H,2-4,6-8,10,12H2,1H3. The zero-order valence-electron chi connectivity index (χ0n) is 12.1. The third-order valence-corrected chi connectivity index (χ3v) is 5.00. The van der Waals surface area contributed by atoms with Crippen LogP contribution in [0.1, 0.15) is 62.6 Å². The summed E-state index contributed by atoms with van der Waals surface area (Å²) in [4.78, 5) is 4.71.